The number of rotatable bonds is 4. The highest BCUT2D eigenvalue weighted by Crippen LogP contribution is 2.36. The summed E-state index contributed by atoms with van der Waals surface area (Å²) in [5.41, 5.74) is 2.90. The minimum absolute atomic E-state index is 0.0967. The van der Waals surface area contributed by atoms with Gasteiger partial charge in [-0.15, -0.1) is 0 Å². The van der Waals surface area contributed by atoms with Crippen LogP contribution in [0.3, 0.4) is 0 Å². The highest BCUT2D eigenvalue weighted by molar-refractivity contribution is 7.89. The van der Waals surface area contributed by atoms with Crippen LogP contribution in [0.2, 0.25) is 15.2 Å². The van der Waals surface area contributed by atoms with Crippen LogP contribution in [0.5, 0.6) is 0 Å². The topological polar surface area (TPSA) is 107 Å². The Labute approximate surface area is 193 Å². The van der Waals surface area contributed by atoms with Gasteiger partial charge < -0.3 is 5.32 Å². The number of carbonyl (C=O) groups excluding carboxylic acids is 1. The van der Waals surface area contributed by atoms with Gasteiger partial charge in [0.1, 0.15) is 5.15 Å². The van der Waals surface area contributed by atoms with Gasteiger partial charge in [-0.1, -0.05) is 40.9 Å². The number of carbonyl (C=O) groups is 1. The van der Waals surface area contributed by atoms with E-state index in [0.29, 0.717) is 38.1 Å². The van der Waals surface area contributed by atoms with E-state index in [9.17, 15) is 13.2 Å². The molecule has 2 aromatic carbocycles. The molecule has 4 rings (SSSR count). The average molecular weight is 498 g/mol. The lowest BCUT2D eigenvalue weighted by molar-refractivity contribution is -0.110. The van der Waals surface area contributed by atoms with Crippen LogP contribution in [0.25, 0.3) is 11.6 Å². The van der Waals surface area contributed by atoms with E-state index in [2.05, 4.69) is 10.4 Å². The predicted octanol–water partition coefficient (Wildman–Crippen LogP) is 4.34. The maximum Gasteiger partial charge on any atom is 0.256 e. The van der Waals surface area contributed by atoms with Crippen LogP contribution in [0.15, 0.2) is 41.3 Å². The molecule has 3 N–H and O–H groups in total. The second-order valence-electron chi connectivity index (χ2n) is 6.91. The van der Waals surface area contributed by atoms with Gasteiger partial charge in [0.2, 0.25) is 10.0 Å². The molecule has 0 spiro atoms. The van der Waals surface area contributed by atoms with E-state index < -0.39 is 10.0 Å². The second-order valence-corrected chi connectivity index (χ2v) is 9.65. The van der Waals surface area contributed by atoms with Crippen molar-refractivity contribution in [1.29, 1.82) is 0 Å². The smallest absolute Gasteiger partial charge is 0.256 e. The summed E-state index contributed by atoms with van der Waals surface area (Å²) >= 11 is 19.1. The summed E-state index contributed by atoms with van der Waals surface area (Å²) in [6.07, 6.45) is 1.57. The fourth-order valence-corrected chi connectivity index (χ4v) is 4.65. The maximum absolute atomic E-state index is 12.5. The van der Waals surface area contributed by atoms with E-state index >= 15 is 0 Å². The van der Waals surface area contributed by atoms with Crippen molar-refractivity contribution in [2.75, 3.05) is 5.32 Å². The minimum atomic E-state index is -3.93. The number of hydrogen-bond donors (Lipinski definition) is 2. The number of aromatic nitrogens is 2. The SMILES string of the molecule is Cc1nn(Cc2c(Cl)cccc2Cl)c(Cl)c1C=C1C(=O)Nc2ccc(S(N)(=O)=O)cc21. The molecule has 31 heavy (non-hydrogen) atoms. The van der Waals surface area contributed by atoms with Gasteiger partial charge in [-0.25, -0.2) is 18.2 Å². The minimum Gasteiger partial charge on any atom is -0.321 e. The Morgan fingerprint density at radius 1 is 1.16 bits per heavy atom. The number of benzene rings is 2. The molecule has 160 valence electrons. The number of nitrogens with zero attached hydrogens (tertiary/aromatic N) is 2. The van der Waals surface area contributed by atoms with Crippen LogP contribution in [0, 0.1) is 6.92 Å². The average Bonchev–Trinajstić information content (AvgIpc) is 3.14. The van der Waals surface area contributed by atoms with Gasteiger partial charge >= 0.3 is 0 Å². The molecule has 1 aliphatic rings. The molecule has 7 nitrogen and oxygen atoms in total. The zero-order valence-corrected chi connectivity index (χ0v) is 19.1. The van der Waals surface area contributed by atoms with Crippen LogP contribution >= 0.6 is 34.8 Å². The molecule has 11 heteroatoms. The third-order valence-corrected chi connectivity index (χ3v) is 6.89. The number of amides is 1. The largest absolute Gasteiger partial charge is 0.321 e. The molecule has 0 aliphatic carbocycles. The summed E-state index contributed by atoms with van der Waals surface area (Å²) in [7, 11) is -3.93. The van der Waals surface area contributed by atoms with Gasteiger partial charge in [0.25, 0.3) is 5.91 Å². The van der Waals surface area contributed by atoms with E-state index in [-0.39, 0.29) is 28.1 Å². The summed E-state index contributed by atoms with van der Waals surface area (Å²) in [4.78, 5) is 12.4. The zero-order valence-electron chi connectivity index (χ0n) is 16.0. The third kappa shape index (κ3) is 4.09. The second kappa shape index (κ2) is 7.96. The first-order valence-electron chi connectivity index (χ1n) is 8.92. The number of hydrogen-bond acceptors (Lipinski definition) is 4. The Kier molecular flexibility index (Phi) is 5.61. The van der Waals surface area contributed by atoms with Crippen molar-refractivity contribution in [2.45, 2.75) is 18.4 Å². The van der Waals surface area contributed by atoms with Gasteiger partial charge in [-0.3, -0.25) is 4.79 Å². The molecule has 0 saturated carbocycles. The lowest BCUT2D eigenvalue weighted by Crippen LogP contribution is -2.12. The molecule has 0 atom stereocenters. The summed E-state index contributed by atoms with van der Waals surface area (Å²) < 4.78 is 25.0. The summed E-state index contributed by atoms with van der Waals surface area (Å²) in [6, 6.07) is 9.36. The van der Waals surface area contributed by atoms with Crippen molar-refractivity contribution >= 4 is 68.1 Å². The van der Waals surface area contributed by atoms with E-state index in [1.165, 1.54) is 22.9 Å². The highest BCUT2D eigenvalue weighted by Gasteiger charge is 2.27. The number of aryl methyl sites for hydroxylation is 1. The van der Waals surface area contributed by atoms with Crippen molar-refractivity contribution in [3.63, 3.8) is 0 Å². The number of nitrogens with one attached hydrogen (secondary N) is 1. The van der Waals surface area contributed by atoms with Crippen molar-refractivity contribution in [1.82, 2.24) is 9.78 Å². The first-order chi connectivity index (χ1) is 14.6. The van der Waals surface area contributed by atoms with Crippen molar-refractivity contribution in [3.05, 3.63) is 74.0 Å². The zero-order chi connectivity index (χ0) is 22.5. The Morgan fingerprint density at radius 2 is 1.84 bits per heavy atom. The fourth-order valence-electron chi connectivity index (χ4n) is 3.30. The van der Waals surface area contributed by atoms with Crippen LogP contribution in [0.4, 0.5) is 5.69 Å². The summed E-state index contributed by atoms with van der Waals surface area (Å²) in [5.74, 6) is -0.390. The molecule has 2 heterocycles. The number of anilines is 1. The number of primary sulfonamides is 1. The van der Waals surface area contributed by atoms with Gasteiger partial charge in [0.05, 0.1) is 17.1 Å². The van der Waals surface area contributed by atoms with Crippen LogP contribution in [-0.4, -0.2) is 24.1 Å². The number of fused-ring (bicyclic) bond motifs is 1. The molecule has 1 aliphatic heterocycles. The monoisotopic (exact) mass is 496 g/mol. The molecule has 1 aromatic heterocycles. The molecule has 0 radical (unpaired) electrons. The van der Waals surface area contributed by atoms with Gasteiger partial charge in [0.15, 0.2) is 0 Å². The number of sulfonamides is 1. The highest BCUT2D eigenvalue weighted by atomic mass is 35.5. The maximum atomic E-state index is 12.5. The van der Waals surface area contributed by atoms with E-state index in [1.807, 2.05) is 0 Å². The first-order valence-corrected chi connectivity index (χ1v) is 11.6. The van der Waals surface area contributed by atoms with E-state index in [0.717, 1.165) is 0 Å². The van der Waals surface area contributed by atoms with Crippen LogP contribution in [0.1, 0.15) is 22.4 Å². The lowest BCUT2D eigenvalue weighted by Gasteiger charge is -2.08. The van der Waals surface area contributed by atoms with Crippen molar-refractivity contribution in [3.8, 4) is 0 Å². The Balaban J connectivity index is 1.78. The molecule has 3 aromatic rings. The number of halogens is 3. The van der Waals surface area contributed by atoms with E-state index in [1.54, 1.807) is 31.2 Å². The quantitative estimate of drug-likeness (QED) is 0.523. The van der Waals surface area contributed by atoms with Crippen molar-refractivity contribution < 1.29 is 13.2 Å². The summed E-state index contributed by atoms with van der Waals surface area (Å²) in [6.45, 7) is 1.98. The fraction of sp³-hybridized carbons (Fsp3) is 0.100. The molecule has 0 fully saturated rings. The Hall–Kier alpha value is -2.36. The van der Waals surface area contributed by atoms with Crippen LogP contribution < -0.4 is 10.5 Å². The number of nitrogens with two attached hydrogens (primary N) is 1. The molecule has 0 saturated heterocycles. The molecular weight excluding hydrogens is 483 g/mol. The lowest BCUT2D eigenvalue weighted by atomic mass is 10.0. The Bertz CT molecular complexity index is 1360. The van der Waals surface area contributed by atoms with Crippen LogP contribution in [-0.2, 0) is 21.4 Å². The predicted molar refractivity (Wildman–Crippen MR) is 122 cm³/mol. The molecule has 0 bridgehead atoms. The van der Waals surface area contributed by atoms with Gasteiger partial charge in [0, 0.05) is 38.0 Å². The standard InChI is InChI=1S/C20H15Cl3N4O3S/c1-10-12(19(23)27(26-10)9-15-16(21)3-2-4-17(15)22)8-14-13-7-11(31(24,29)30)5-6-18(13)25-20(14)28/h2-8H,9H2,1H3,(H,25,28)(H2,24,29,30). The molecule has 0 unspecified atom stereocenters. The van der Waals surface area contributed by atoms with Gasteiger partial charge in [-0.05, 0) is 43.3 Å². The Morgan fingerprint density at radius 3 is 2.48 bits per heavy atom. The first kappa shape index (κ1) is 21.9. The molecule has 1 amide bonds. The van der Waals surface area contributed by atoms with E-state index in [4.69, 9.17) is 39.9 Å². The molecular formula is C20H15Cl3N4O3S. The normalized spacial score (nSPS) is 14.7. The van der Waals surface area contributed by atoms with Gasteiger partial charge in [-0.2, -0.15) is 5.10 Å². The van der Waals surface area contributed by atoms with Crippen molar-refractivity contribution in [2.24, 2.45) is 5.14 Å². The third-order valence-electron chi connectivity index (χ3n) is 4.87. The summed E-state index contributed by atoms with van der Waals surface area (Å²) in [5, 5.41) is 13.6.